The molecular formula is C28H27BrN4O2. The number of likely N-dealkylation sites (N-methyl/N-ethyl adjacent to an activating group) is 1. The number of aromatic nitrogens is 2. The molecule has 0 aliphatic carbocycles. The number of rotatable bonds is 8. The second-order valence-corrected chi connectivity index (χ2v) is 9.32. The molecule has 4 rings (SSSR count). The monoisotopic (exact) mass is 530 g/mol. The van der Waals surface area contributed by atoms with Crippen LogP contribution < -0.4 is 10.6 Å². The predicted octanol–water partition coefficient (Wildman–Crippen LogP) is 4.76. The molecule has 0 fully saturated rings. The topological polar surface area (TPSA) is 76.0 Å². The maximum Gasteiger partial charge on any atom is 0.272 e. The molecule has 0 saturated carbocycles. The zero-order valence-corrected chi connectivity index (χ0v) is 21.2. The third-order valence-corrected chi connectivity index (χ3v) is 6.19. The molecule has 0 unspecified atom stereocenters. The van der Waals surface area contributed by atoms with E-state index in [9.17, 15) is 9.59 Å². The van der Waals surface area contributed by atoms with Crippen LogP contribution in [0.3, 0.4) is 0 Å². The molecule has 0 aliphatic heterocycles. The average Bonchev–Trinajstić information content (AvgIpc) is 3.27. The number of hydrogen-bond donors (Lipinski definition) is 2. The van der Waals surface area contributed by atoms with E-state index in [2.05, 4.69) is 37.7 Å². The molecule has 0 saturated heterocycles. The van der Waals surface area contributed by atoms with Gasteiger partial charge in [0, 0.05) is 23.5 Å². The summed E-state index contributed by atoms with van der Waals surface area (Å²) >= 11 is 3.46. The summed E-state index contributed by atoms with van der Waals surface area (Å²) in [7, 11) is 1.56. The van der Waals surface area contributed by atoms with Gasteiger partial charge >= 0.3 is 0 Å². The van der Waals surface area contributed by atoms with Gasteiger partial charge < -0.3 is 10.6 Å². The first kappa shape index (κ1) is 24.4. The van der Waals surface area contributed by atoms with Crippen molar-refractivity contribution in [3.8, 4) is 11.3 Å². The van der Waals surface area contributed by atoms with Crippen LogP contribution in [0.15, 0.2) is 89.4 Å². The van der Waals surface area contributed by atoms with Crippen molar-refractivity contribution in [3.63, 3.8) is 0 Å². The second kappa shape index (κ2) is 11.1. The Labute approximate surface area is 213 Å². The van der Waals surface area contributed by atoms with Crippen LogP contribution in [0.5, 0.6) is 0 Å². The van der Waals surface area contributed by atoms with Crippen LogP contribution in [0.1, 0.15) is 27.2 Å². The Bertz CT molecular complexity index is 1330. The van der Waals surface area contributed by atoms with Crippen molar-refractivity contribution in [2.24, 2.45) is 0 Å². The van der Waals surface area contributed by atoms with Crippen molar-refractivity contribution in [2.75, 3.05) is 7.05 Å². The van der Waals surface area contributed by atoms with E-state index in [1.807, 2.05) is 84.4 Å². The smallest absolute Gasteiger partial charge is 0.272 e. The molecule has 178 valence electrons. The maximum absolute atomic E-state index is 13.3. The van der Waals surface area contributed by atoms with Crippen LogP contribution in [0.2, 0.25) is 0 Å². The molecule has 2 amide bonds. The van der Waals surface area contributed by atoms with Crippen LogP contribution in [0.4, 0.5) is 0 Å². The van der Waals surface area contributed by atoms with E-state index < -0.39 is 11.9 Å². The summed E-state index contributed by atoms with van der Waals surface area (Å²) in [5, 5.41) is 10.2. The standard InChI is InChI=1S/C28H27BrN4O2/c1-19-8-6-12-22(14-19)26-17-25(32-33(26)18-20-9-4-3-5-10-20)28(35)31-24(27(34)30-2)16-21-11-7-13-23(29)15-21/h3-15,17,24H,16,18H2,1-2H3,(H,30,34)(H,31,35)/t24-/m0/s1. The van der Waals surface area contributed by atoms with E-state index in [4.69, 9.17) is 0 Å². The van der Waals surface area contributed by atoms with Crippen molar-refractivity contribution < 1.29 is 9.59 Å². The molecule has 1 atom stereocenters. The summed E-state index contributed by atoms with van der Waals surface area (Å²) in [4.78, 5) is 25.8. The number of carbonyl (C=O) groups is 2. The molecule has 3 aromatic carbocycles. The molecule has 1 aromatic heterocycles. The Morgan fingerprint density at radius 2 is 1.69 bits per heavy atom. The number of carbonyl (C=O) groups excluding carboxylic acids is 2. The molecular weight excluding hydrogens is 504 g/mol. The summed E-state index contributed by atoms with van der Waals surface area (Å²) in [5.74, 6) is -0.657. The average molecular weight is 531 g/mol. The number of nitrogens with one attached hydrogen (secondary N) is 2. The largest absolute Gasteiger partial charge is 0.357 e. The minimum absolute atomic E-state index is 0.263. The van der Waals surface area contributed by atoms with E-state index >= 15 is 0 Å². The summed E-state index contributed by atoms with van der Waals surface area (Å²) in [6.45, 7) is 2.55. The quantitative estimate of drug-likeness (QED) is 0.345. The zero-order valence-electron chi connectivity index (χ0n) is 19.7. The lowest BCUT2D eigenvalue weighted by Gasteiger charge is -2.17. The van der Waals surface area contributed by atoms with E-state index in [-0.39, 0.29) is 11.6 Å². The highest BCUT2D eigenvalue weighted by Gasteiger charge is 2.23. The molecule has 7 heteroatoms. The van der Waals surface area contributed by atoms with E-state index in [1.165, 1.54) is 0 Å². The van der Waals surface area contributed by atoms with Gasteiger partial charge in [0.15, 0.2) is 5.69 Å². The lowest BCUT2D eigenvalue weighted by atomic mass is 10.0. The molecule has 2 N–H and O–H groups in total. The van der Waals surface area contributed by atoms with Crippen molar-refractivity contribution in [3.05, 3.63) is 112 Å². The normalized spacial score (nSPS) is 11.6. The van der Waals surface area contributed by atoms with Crippen LogP contribution in [-0.4, -0.2) is 34.7 Å². The first-order chi connectivity index (χ1) is 16.9. The Hall–Kier alpha value is -3.71. The Morgan fingerprint density at radius 1 is 0.943 bits per heavy atom. The first-order valence-electron chi connectivity index (χ1n) is 11.4. The second-order valence-electron chi connectivity index (χ2n) is 8.40. The van der Waals surface area contributed by atoms with Gasteiger partial charge in [-0.2, -0.15) is 5.10 Å². The third-order valence-electron chi connectivity index (χ3n) is 5.70. The fourth-order valence-electron chi connectivity index (χ4n) is 3.96. The van der Waals surface area contributed by atoms with E-state index in [0.717, 1.165) is 32.4 Å². The van der Waals surface area contributed by atoms with Gasteiger partial charge in [-0.15, -0.1) is 0 Å². The number of halogens is 1. The van der Waals surface area contributed by atoms with Crippen molar-refractivity contribution in [1.82, 2.24) is 20.4 Å². The maximum atomic E-state index is 13.3. The number of nitrogens with zero attached hydrogens (tertiary/aromatic N) is 2. The van der Waals surface area contributed by atoms with E-state index in [0.29, 0.717) is 13.0 Å². The number of amides is 2. The molecule has 0 spiro atoms. The SMILES string of the molecule is CNC(=O)[C@H](Cc1cccc(Br)c1)NC(=O)c1cc(-c2cccc(C)c2)n(Cc2ccccc2)n1. The molecule has 35 heavy (non-hydrogen) atoms. The van der Waals surface area contributed by atoms with Gasteiger partial charge in [0.25, 0.3) is 5.91 Å². The van der Waals surface area contributed by atoms with Gasteiger partial charge in [-0.3, -0.25) is 14.3 Å². The Morgan fingerprint density at radius 3 is 2.40 bits per heavy atom. The first-order valence-corrected chi connectivity index (χ1v) is 12.2. The Balaban J connectivity index is 1.63. The van der Waals surface area contributed by atoms with Crippen LogP contribution in [0, 0.1) is 6.92 Å². The highest BCUT2D eigenvalue weighted by atomic mass is 79.9. The minimum atomic E-state index is -0.733. The fourth-order valence-corrected chi connectivity index (χ4v) is 4.40. The number of hydrogen-bond acceptors (Lipinski definition) is 3. The summed E-state index contributed by atoms with van der Waals surface area (Å²) in [5.41, 5.74) is 5.21. The van der Waals surface area contributed by atoms with Crippen molar-refractivity contribution in [1.29, 1.82) is 0 Å². The zero-order chi connectivity index (χ0) is 24.8. The highest BCUT2D eigenvalue weighted by Crippen LogP contribution is 2.23. The van der Waals surface area contributed by atoms with Crippen LogP contribution >= 0.6 is 15.9 Å². The van der Waals surface area contributed by atoms with Gasteiger partial charge in [0.2, 0.25) is 5.91 Å². The third kappa shape index (κ3) is 6.25. The minimum Gasteiger partial charge on any atom is -0.357 e. The molecule has 1 heterocycles. The fraction of sp³-hybridized carbons (Fsp3) is 0.179. The Kier molecular flexibility index (Phi) is 7.77. The lowest BCUT2D eigenvalue weighted by molar-refractivity contribution is -0.122. The number of aryl methyl sites for hydroxylation is 1. The molecule has 0 bridgehead atoms. The van der Waals surface area contributed by atoms with Gasteiger partial charge in [-0.25, -0.2) is 0 Å². The van der Waals surface area contributed by atoms with Crippen molar-refractivity contribution >= 4 is 27.7 Å². The molecule has 0 aliphatic rings. The van der Waals surface area contributed by atoms with Crippen LogP contribution in [-0.2, 0) is 17.8 Å². The highest BCUT2D eigenvalue weighted by molar-refractivity contribution is 9.10. The van der Waals surface area contributed by atoms with Gasteiger partial charge in [0.1, 0.15) is 6.04 Å². The predicted molar refractivity (Wildman–Crippen MR) is 141 cm³/mol. The number of benzene rings is 3. The van der Waals surface area contributed by atoms with Gasteiger partial charge in [-0.1, -0.05) is 82.2 Å². The van der Waals surface area contributed by atoms with Crippen molar-refractivity contribution in [2.45, 2.75) is 25.9 Å². The molecule has 6 nitrogen and oxygen atoms in total. The van der Waals surface area contributed by atoms with Gasteiger partial charge in [-0.05, 0) is 42.3 Å². The molecule has 4 aromatic rings. The van der Waals surface area contributed by atoms with E-state index in [1.54, 1.807) is 13.1 Å². The summed E-state index contributed by atoms with van der Waals surface area (Å²) in [6, 6.07) is 26.8. The molecule has 0 radical (unpaired) electrons. The van der Waals surface area contributed by atoms with Gasteiger partial charge in [0.05, 0.1) is 12.2 Å². The lowest BCUT2D eigenvalue weighted by Crippen LogP contribution is -2.47. The summed E-state index contributed by atoms with van der Waals surface area (Å²) < 4.78 is 2.75. The van der Waals surface area contributed by atoms with Crippen LogP contribution in [0.25, 0.3) is 11.3 Å². The summed E-state index contributed by atoms with van der Waals surface area (Å²) in [6.07, 6.45) is 0.361.